The average molecular weight is 299 g/mol. The van der Waals surface area contributed by atoms with Gasteiger partial charge in [0.1, 0.15) is 11.5 Å². The Bertz CT molecular complexity index is 638. The Kier molecular flexibility index (Phi) is 4.25. The molecule has 0 atom stereocenters. The maximum Gasteiger partial charge on any atom is 0.107 e. The highest BCUT2D eigenvalue weighted by atomic mass is 15.1. The van der Waals surface area contributed by atoms with Crippen LogP contribution in [0.5, 0.6) is 0 Å². The first-order valence-corrected chi connectivity index (χ1v) is 8.11. The lowest BCUT2D eigenvalue weighted by Crippen LogP contribution is -2.38. The molecule has 1 aliphatic rings. The first-order valence-electron chi connectivity index (χ1n) is 8.11. The van der Waals surface area contributed by atoms with Gasteiger partial charge in [0.05, 0.1) is 23.8 Å². The Morgan fingerprint density at radius 1 is 1.14 bits per heavy atom. The van der Waals surface area contributed by atoms with Gasteiger partial charge in [-0.1, -0.05) is 0 Å². The molecule has 5 nitrogen and oxygen atoms in total. The molecule has 118 valence electrons. The molecule has 22 heavy (non-hydrogen) atoms. The minimum atomic E-state index is 0.525. The first kappa shape index (κ1) is 15.2. The molecule has 0 aromatic carbocycles. The SMILES string of the molecule is Cc1ncc(-c2cncc(C3CCN(C(C)C)CC3)n2)n1C. The molecule has 0 aliphatic carbocycles. The maximum atomic E-state index is 4.87. The van der Waals surface area contributed by atoms with Crippen LogP contribution < -0.4 is 0 Å². The van der Waals surface area contributed by atoms with E-state index in [1.54, 1.807) is 0 Å². The van der Waals surface area contributed by atoms with E-state index in [0.29, 0.717) is 12.0 Å². The topological polar surface area (TPSA) is 46.8 Å². The van der Waals surface area contributed by atoms with E-state index in [-0.39, 0.29) is 0 Å². The van der Waals surface area contributed by atoms with Crippen LogP contribution in [0.25, 0.3) is 11.4 Å². The summed E-state index contributed by atoms with van der Waals surface area (Å²) in [6, 6.07) is 0.635. The van der Waals surface area contributed by atoms with Gasteiger partial charge in [0.25, 0.3) is 0 Å². The van der Waals surface area contributed by atoms with Crippen molar-refractivity contribution in [2.24, 2.45) is 7.05 Å². The Balaban J connectivity index is 1.79. The normalized spacial score (nSPS) is 17.3. The number of hydrogen-bond donors (Lipinski definition) is 0. The summed E-state index contributed by atoms with van der Waals surface area (Å²) in [4.78, 5) is 16.2. The Morgan fingerprint density at radius 2 is 1.86 bits per heavy atom. The molecule has 1 saturated heterocycles. The minimum absolute atomic E-state index is 0.525. The van der Waals surface area contributed by atoms with Crippen molar-refractivity contribution in [2.45, 2.75) is 45.6 Å². The van der Waals surface area contributed by atoms with E-state index in [1.165, 1.54) is 12.8 Å². The zero-order chi connectivity index (χ0) is 15.7. The lowest BCUT2D eigenvalue weighted by Gasteiger charge is -2.34. The molecular formula is C17H25N5. The highest BCUT2D eigenvalue weighted by Gasteiger charge is 2.23. The third-order valence-electron chi connectivity index (χ3n) is 4.81. The van der Waals surface area contributed by atoms with Crippen LogP contribution in [0.15, 0.2) is 18.6 Å². The van der Waals surface area contributed by atoms with Gasteiger partial charge in [0.2, 0.25) is 0 Å². The van der Waals surface area contributed by atoms with Gasteiger partial charge in [0, 0.05) is 25.2 Å². The van der Waals surface area contributed by atoms with Crippen LogP contribution >= 0.6 is 0 Å². The van der Waals surface area contributed by atoms with Gasteiger partial charge >= 0.3 is 0 Å². The molecule has 0 N–H and O–H groups in total. The first-order chi connectivity index (χ1) is 10.6. The molecule has 3 rings (SSSR count). The van der Waals surface area contributed by atoms with Crippen LogP contribution in [0.2, 0.25) is 0 Å². The number of aromatic nitrogens is 4. The van der Waals surface area contributed by atoms with E-state index in [9.17, 15) is 0 Å². The third-order valence-corrected chi connectivity index (χ3v) is 4.81. The van der Waals surface area contributed by atoms with Crippen molar-refractivity contribution in [3.8, 4) is 11.4 Å². The summed E-state index contributed by atoms with van der Waals surface area (Å²) >= 11 is 0. The molecule has 0 saturated carbocycles. The highest BCUT2D eigenvalue weighted by molar-refractivity contribution is 5.53. The zero-order valence-electron chi connectivity index (χ0n) is 14.0. The van der Waals surface area contributed by atoms with Crippen molar-refractivity contribution in [1.82, 2.24) is 24.4 Å². The second kappa shape index (κ2) is 6.16. The van der Waals surface area contributed by atoms with Crippen molar-refractivity contribution in [2.75, 3.05) is 13.1 Å². The maximum absolute atomic E-state index is 4.87. The smallest absolute Gasteiger partial charge is 0.107 e. The molecule has 2 aromatic heterocycles. The fourth-order valence-electron chi connectivity index (χ4n) is 3.15. The van der Waals surface area contributed by atoms with Gasteiger partial charge in [-0.3, -0.25) is 4.98 Å². The molecule has 1 aliphatic heterocycles. The van der Waals surface area contributed by atoms with E-state index in [2.05, 4.69) is 33.3 Å². The number of aryl methyl sites for hydroxylation is 1. The fraction of sp³-hybridized carbons (Fsp3) is 0.588. The van der Waals surface area contributed by atoms with Gasteiger partial charge in [-0.2, -0.15) is 0 Å². The van der Waals surface area contributed by atoms with Gasteiger partial charge in [-0.25, -0.2) is 9.97 Å². The van der Waals surface area contributed by atoms with Crippen molar-refractivity contribution >= 4 is 0 Å². The number of rotatable bonds is 3. The van der Waals surface area contributed by atoms with Crippen molar-refractivity contribution in [3.63, 3.8) is 0 Å². The van der Waals surface area contributed by atoms with Gasteiger partial charge in [-0.15, -0.1) is 0 Å². The molecule has 0 unspecified atom stereocenters. The number of hydrogen-bond acceptors (Lipinski definition) is 4. The summed E-state index contributed by atoms with van der Waals surface area (Å²) in [7, 11) is 2.02. The summed E-state index contributed by atoms with van der Waals surface area (Å²) in [5, 5.41) is 0. The zero-order valence-corrected chi connectivity index (χ0v) is 14.0. The number of nitrogens with zero attached hydrogens (tertiary/aromatic N) is 5. The van der Waals surface area contributed by atoms with Crippen molar-refractivity contribution in [1.29, 1.82) is 0 Å². The summed E-state index contributed by atoms with van der Waals surface area (Å²) in [5.41, 5.74) is 3.08. The monoisotopic (exact) mass is 299 g/mol. The van der Waals surface area contributed by atoms with Gasteiger partial charge in [0.15, 0.2) is 0 Å². The van der Waals surface area contributed by atoms with E-state index in [4.69, 9.17) is 4.98 Å². The van der Waals surface area contributed by atoms with E-state index in [0.717, 1.165) is 36.0 Å². The van der Waals surface area contributed by atoms with Crippen LogP contribution in [0.4, 0.5) is 0 Å². The molecule has 5 heteroatoms. The number of likely N-dealkylation sites (tertiary alicyclic amines) is 1. The summed E-state index contributed by atoms with van der Waals surface area (Å²) in [6.45, 7) is 8.84. The summed E-state index contributed by atoms with van der Waals surface area (Å²) < 4.78 is 2.06. The van der Waals surface area contributed by atoms with E-state index >= 15 is 0 Å². The standard InChI is InChI=1S/C17H25N5/c1-12(2)22-7-5-14(6-8-22)15-9-18-10-16(20-15)17-11-19-13(3)21(17)4/h9-12,14H,5-8H2,1-4H3. The van der Waals surface area contributed by atoms with Crippen LogP contribution in [-0.4, -0.2) is 43.6 Å². The predicted molar refractivity (Wildman–Crippen MR) is 87.7 cm³/mol. The minimum Gasteiger partial charge on any atom is -0.330 e. The lowest BCUT2D eigenvalue weighted by molar-refractivity contribution is 0.170. The largest absolute Gasteiger partial charge is 0.330 e. The highest BCUT2D eigenvalue weighted by Crippen LogP contribution is 2.28. The second-order valence-corrected chi connectivity index (χ2v) is 6.48. The Morgan fingerprint density at radius 3 is 2.45 bits per heavy atom. The fourth-order valence-corrected chi connectivity index (χ4v) is 3.15. The van der Waals surface area contributed by atoms with Gasteiger partial charge in [-0.05, 0) is 46.7 Å². The summed E-state index contributed by atoms with van der Waals surface area (Å²) in [5.74, 6) is 1.52. The third kappa shape index (κ3) is 2.90. The number of imidazole rings is 1. The summed E-state index contributed by atoms with van der Waals surface area (Å²) in [6.07, 6.45) is 7.98. The van der Waals surface area contributed by atoms with Crippen LogP contribution in [0, 0.1) is 6.92 Å². The second-order valence-electron chi connectivity index (χ2n) is 6.48. The molecule has 0 spiro atoms. The van der Waals surface area contributed by atoms with Crippen LogP contribution in [0.3, 0.4) is 0 Å². The average Bonchev–Trinajstić information content (AvgIpc) is 2.87. The van der Waals surface area contributed by atoms with E-state index in [1.807, 2.05) is 32.6 Å². The molecule has 0 amide bonds. The molecule has 0 bridgehead atoms. The van der Waals surface area contributed by atoms with Crippen LogP contribution in [0.1, 0.15) is 44.1 Å². The van der Waals surface area contributed by atoms with Gasteiger partial charge < -0.3 is 9.47 Å². The quantitative estimate of drug-likeness (QED) is 0.874. The van der Waals surface area contributed by atoms with Crippen molar-refractivity contribution in [3.05, 3.63) is 30.1 Å². The molecule has 2 aromatic rings. The predicted octanol–water partition coefficient (Wildman–Crippen LogP) is 2.77. The molecular weight excluding hydrogens is 274 g/mol. The van der Waals surface area contributed by atoms with Crippen molar-refractivity contribution < 1.29 is 0 Å². The molecule has 1 fully saturated rings. The lowest BCUT2D eigenvalue weighted by atomic mass is 9.93. The Labute approximate surface area is 132 Å². The number of piperidine rings is 1. The molecule has 0 radical (unpaired) electrons. The molecule has 3 heterocycles. The van der Waals surface area contributed by atoms with E-state index < -0.39 is 0 Å². The van der Waals surface area contributed by atoms with Crippen LogP contribution in [-0.2, 0) is 7.05 Å². The Hall–Kier alpha value is -1.75.